The van der Waals surface area contributed by atoms with Gasteiger partial charge in [0.05, 0.1) is 66.9 Å². The fourth-order valence-corrected chi connectivity index (χ4v) is 15.4. The number of hydrogen-bond donors (Lipinski definition) is 0. The van der Waals surface area contributed by atoms with Gasteiger partial charge in [0.25, 0.3) is 0 Å². The van der Waals surface area contributed by atoms with Crippen LogP contribution >= 0.6 is 0 Å². The molecule has 20 aromatic rings. The van der Waals surface area contributed by atoms with E-state index in [0.29, 0.717) is 23.3 Å². The summed E-state index contributed by atoms with van der Waals surface area (Å²) in [5, 5.41) is 9.35. The molecule has 0 aliphatic carbocycles. The molecule has 0 atom stereocenters. The fraction of sp³-hybridized carbons (Fsp3) is 0. The lowest BCUT2D eigenvalue weighted by molar-refractivity contribution is 1.06. The van der Waals surface area contributed by atoms with Crippen molar-refractivity contribution >= 4 is 87.2 Å². The summed E-state index contributed by atoms with van der Waals surface area (Å²) >= 11 is 0. The van der Waals surface area contributed by atoms with Gasteiger partial charge in [-0.3, -0.25) is 0 Å². The monoisotopic (exact) mass is 1280 g/mol. The number of para-hydroxylation sites is 7. The largest absolute Gasteiger partial charge is 0.309 e. The zero-order valence-corrected chi connectivity index (χ0v) is 53.9. The number of fused-ring (bicyclic) bond motifs is 12. The van der Waals surface area contributed by atoms with E-state index in [4.69, 9.17) is 24.9 Å². The minimum absolute atomic E-state index is 0.560. The summed E-state index contributed by atoms with van der Waals surface area (Å²) in [5.74, 6) is 2.36. The molecule has 6 heterocycles. The predicted octanol–water partition coefficient (Wildman–Crippen LogP) is 22.7. The molecule has 0 aliphatic heterocycles. The van der Waals surface area contributed by atoms with Crippen molar-refractivity contribution in [3.05, 3.63) is 346 Å². The van der Waals surface area contributed by atoms with Gasteiger partial charge in [-0.15, -0.1) is 0 Å². The van der Waals surface area contributed by atoms with Crippen LogP contribution in [0, 0.1) is 0 Å². The summed E-state index contributed by atoms with van der Waals surface area (Å²) in [6.07, 6.45) is 0. The number of hydrogen-bond acceptors (Lipinski definition) is 5. The van der Waals surface area contributed by atoms with Crippen molar-refractivity contribution in [2.45, 2.75) is 0 Å². The Morgan fingerprint density at radius 3 is 1.03 bits per heavy atom. The SMILES string of the molecule is c1ccc(-c2cc(-c3ccc(-n4c5ccccc5c5c(-c6cccc(-c7nc(-c8ccccc8)nc(-c8ccc(-n9c%10ccccc%10c%10ccccc%109)cc8-n8c9ccccc9c9ccccc98)n7)c6)cccc54)cc3-n3c4ccccc4c4ccccc43)nc(-c3ccccc3)n2)cc1. The molecule has 0 amide bonds. The molecular weight excluding hydrogens is 1220 g/mol. The van der Waals surface area contributed by atoms with Crippen LogP contribution in [0.1, 0.15) is 0 Å². The summed E-state index contributed by atoms with van der Waals surface area (Å²) in [6, 6.07) is 123. The second kappa shape index (κ2) is 23.0. The Morgan fingerprint density at radius 2 is 0.520 bits per heavy atom. The molecule has 0 aliphatic rings. The van der Waals surface area contributed by atoms with Crippen molar-refractivity contribution in [2.24, 2.45) is 0 Å². The number of benzene rings is 14. The van der Waals surface area contributed by atoms with Gasteiger partial charge in [-0.05, 0) is 108 Å². The topological polar surface area (TPSA) is 84.2 Å². The Balaban J connectivity index is 0.774. The Bertz CT molecular complexity index is 6440. The number of rotatable bonds is 11. The minimum atomic E-state index is 0.560. The second-order valence-corrected chi connectivity index (χ2v) is 25.5. The summed E-state index contributed by atoms with van der Waals surface area (Å²) in [7, 11) is 0. The summed E-state index contributed by atoms with van der Waals surface area (Å²) in [5.41, 5.74) is 22.1. The molecule has 0 saturated carbocycles. The summed E-state index contributed by atoms with van der Waals surface area (Å²) in [6.45, 7) is 0. The van der Waals surface area contributed by atoms with Crippen LogP contribution in [0.3, 0.4) is 0 Å². The van der Waals surface area contributed by atoms with Crippen LogP contribution in [0.2, 0.25) is 0 Å². The molecule has 20 rings (SSSR count). The van der Waals surface area contributed by atoms with E-state index in [1.807, 2.05) is 42.5 Å². The van der Waals surface area contributed by atoms with Gasteiger partial charge in [0.2, 0.25) is 0 Å². The van der Waals surface area contributed by atoms with Crippen molar-refractivity contribution in [3.63, 3.8) is 0 Å². The van der Waals surface area contributed by atoms with E-state index >= 15 is 0 Å². The quantitative estimate of drug-likeness (QED) is 0.129. The van der Waals surface area contributed by atoms with Crippen LogP contribution in [0.4, 0.5) is 0 Å². The van der Waals surface area contributed by atoms with Crippen molar-refractivity contribution in [3.8, 4) is 102 Å². The van der Waals surface area contributed by atoms with E-state index in [1.54, 1.807) is 0 Å². The lowest BCUT2D eigenvalue weighted by Gasteiger charge is -2.18. The molecule has 0 unspecified atom stereocenters. The first-order chi connectivity index (χ1) is 49.6. The van der Waals surface area contributed by atoms with Crippen LogP contribution in [0.25, 0.3) is 189 Å². The molecule has 0 spiro atoms. The third kappa shape index (κ3) is 9.13. The molecule has 9 nitrogen and oxygen atoms in total. The Kier molecular flexibility index (Phi) is 13.1. The third-order valence-electron chi connectivity index (χ3n) is 19.8. The molecule has 466 valence electrons. The van der Waals surface area contributed by atoms with E-state index in [-0.39, 0.29) is 0 Å². The molecule has 100 heavy (non-hydrogen) atoms. The van der Waals surface area contributed by atoms with E-state index in [0.717, 1.165) is 134 Å². The van der Waals surface area contributed by atoms with Crippen molar-refractivity contribution in [2.75, 3.05) is 0 Å². The van der Waals surface area contributed by atoms with Crippen molar-refractivity contribution in [1.29, 1.82) is 0 Å². The summed E-state index contributed by atoms with van der Waals surface area (Å²) < 4.78 is 9.62. The molecular formula is C91H57N9. The molecule has 0 radical (unpaired) electrons. The second-order valence-electron chi connectivity index (χ2n) is 25.5. The smallest absolute Gasteiger partial charge is 0.166 e. The van der Waals surface area contributed by atoms with Crippen LogP contribution < -0.4 is 0 Å². The molecule has 14 aromatic carbocycles. The maximum absolute atomic E-state index is 5.59. The lowest BCUT2D eigenvalue weighted by Crippen LogP contribution is -2.05. The predicted molar refractivity (Wildman–Crippen MR) is 411 cm³/mol. The van der Waals surface area contributed by atoms with Gasteiger partial charge in [0, 0.05) is 87.8 Å². The minimum Gasteiger partial charge on any atom is -0.309 e. The highest BCUT2D eigenvalue weighted by atomic mass is 15.1. The van der Waals surface area contributed by atoms with Crippen molar-refractivity contribution in [1.82, 2.24) is 43.2 Å². The maximum atomic E-state index is 5.59. The van der Waals surface area contributed by atoms with Crippen LogP contribution in [-0.2, 0) is 0 Å². The highest BCUT2D eigenvalue weighted by molar-refractivity contribution is 6.17. The molecule has 0 saturated heterocycles. The van der Waals surface area contributed by atoms with E-state index in [1.165, 1.54) is 32.3 Å². The zero-order valence-electron chi connectivity index (χ0n) is 53.9. The average Bonchev–Trinajstić information content (AvgIpc) is 1.55. The van der Waals surface area contributed by atoms with E-state index < -0.39 is 0 Å². The van der Waals surface area contributed by atoms with Crippen LogP contribution in [-0.4, -0.2) is 43.2 Å². The Labute approximate surface area is 574 Å². The van der Waals surface area contributed by atoms with E-state index in [9.17, 15) is 0 Å². The van der Waals surface area contributed by atoms with E-state index in [2.05, 4.69) is 322 Å². The molecule has 0 N–H and O–H groups in total. The number of aromatic nitrogens is 9. The average molecular weight is 1280 g/mol. The first-order valence-electron chi connectivity index (χ1n) is 33.8. The van der Waals surface area contributed by atoms with Gasteiger partial charge in [0.1, 0.15) is 0 Å². The highest BCUT2D eigenvalue weighted by Crippen LogP contribution is 2.45. The fourth-order valence-electron chi connectivity index (χ4n) is 15.4. The standard InChI is InChI=1S/C91H57N9/c1-4-26-58(27-5-1)75-57-76(93-88(92-75)59-28-6-2-7-29-59)72-52-50-64(55-85(72)99-79-44-19-12-36-68(79)69-37-13-20-45-80(69)99)98-83-48-23-16-40-73(83)87-65(41-25-49-84(87)98)61-32-24-33-62(54-61)90-94-89(60-30-8-3-9-31-60)95-91(96-90)74-53-51-63(97-77-42-17-10-34-66(77)67-35-11-18-43-78(67)97)56-86(74)100-81-46-21-14-38-70(81)71-39-15-22-47-82(71)100/h1-57H. The first kappa shape index (κ1) is 56.7. The molecule has 0 fully saturated rings. The highest BCUT2D eigenvalue weighted by Gasteiger charge is 2.25. The van der Waals surface area contributed by atoms with Crippen LogP contribution in [0.15, 0.2) is 346 Å². The van der Waals surface area contributed by atoms with Crippen molar-refractivity contribution < 1.29 is 0 Å². The number of nitrogens with zero attached hydrogens (tertiary/aromatic N) is 9. The Morgan fingerprint density at radius 1 is 0.180 bits per heavy atom. The van der Waals surface area contributed by atoms with Gasteiger partial charge in [-0.2, -0.15) is 0 Å². The normalized spacial score (nSPS) is 11.8. The van der Waals surface area contributed by atoms with Gasteiger partial charge < -0.3 is 18.3 Å². The van der Waals surface area contributed by atoms with Gasteiger partial charge in [0.15, 0.2) is 23.3 Å². The zero-order chi connectivity index (χ0) is 65.8. The van der Waals surface area contributed by atoms with Gasteiger partial charge in [-0.25, -0.2) is 24.9 Å². The molecule has 0 bridgehead atoms. The van der Waals surface area contributed by atoms with Gasteiger partial charge in [-0.1, -0.05) is 249 Å². The van der Waals surface area contributed by atoms with Crippen LogP contribution in [0.5, 0.6) is 0 Å². The molecule has 9 heteroatoms. The third-order valence-corrected chi connectivity index (χ3v) is 19.8. The molecule has 6 aromatic heterocycles. The lowest BCUT2D eigenvalue weighted by atomic mass is 9.97. The summed E-state index contributed by atoms with van der Waals surface area (Å²) in [4.78, 5) is 27.1. The Hall–Kier alpha value is -13.6. The first-order valence-corrected chi connectivity index (χ1v) is 33.8. The van der Waals surface area contributed by atoms with Gasteiger partial charge >= 0.3 is 0 Å². The maximum Gasteiger partial charge on any atom is 0.166 e.